The zero-order valence-corrected chi connectivity index (χ0v) is 10.6. The molecular formula is C17H17N. The quantitative estimate of drug-likeness (QED) is 0.843. The third-order valence-electron chi connectivity index (χ3n) is 4.73. The highest BCUT2D eigenvalue weighted by molar-refractivity contribution is 5.62. The molecule has 0 saturated heterocycles. The normalized spacial score (nSPS) is 27.1. The van der Waals surface area contributed by atoms with E-state index in [1.54, 1.807) is 22.3 Å². The van der Waals surface area contributed by atoms with Crippen LogP contribution >= 0.6 is 0 Å². The van der Waals surface area contributed by atoms with Crippen LogP contribution in [0.2, 0.25) is 0 Å². The molecule has 0 heterocycles. The second-order valence-corrected chi connectivity index (χ2v) is 5.54. The van der Waals surface area contributed by atoms with E-state index >= 15 is 0 Å². The van der Waals surface area contributed by atoms with Crippen molar-refractivity contribution in [3.05, 3.63) is 70.8 Å². The van der Waals surface area contributed by atoms with Crippen molar-refractivity contribution in [3.63, 3.8) is 0 Å². The van der Waals surface area contributed by atoms with Crippen molar-refractivity contribution in [2.45, 2.75) is 17.8 Å². The van der Waals surface area contributed by atoms with E-state index in [-0.39, 0.29) is 5.41 Å². The average molecular weight is 235 g/mol. The van der Waals surface area contributed by atoms with Gasteiger partial charge in [-0.25, -0.2) is 0 Å². The molecule has 2 aromatic carbocycles. The van der Waals surface area contributed by atoms with Crippen LogP contribution < -0.4 is 5.32 Å². The van der Waals surface area contributed by atoms with Crippen LogP contribution in [0.15, 0.2) is 48.5 Å². The first-order chi connectivity index (χ1) is 8.87. The van der Waals surface area contributed by atoms with Crippen molar-refractivity contribution >= 4 is 0 Å². The summed E-state index contributed by atoms with van der Waals surface area (Å²) >= 11 is 0. The zero-order chi connectivity index (χ0) is 12.2. The third-order valence-corrected chi connectivity index (χ3v) is 4.73. The van der Waals surface area contributed by atoms with Crippen molar-refractivity contribution in [1.29, 1.82) is 0 Å². The summed E-state index contributed by atoms with van der Waals surface area (Å²) in [4.78, 5) is 0. The summed E-state index contributed by atoms with van der Waals surface area (Å²) in [6.45, 7) is 1.04. The molecule has 0 aliphatic heterocycles. The number of benzene rings is 2. The minimum atomic E-state index is 0.215. The Morgan fingerprint density at radius 2 is 1.56 bits per heavy atom. The van der Waals surface area contributed by atoms with E-state index in [4.69, 9.17) is 0 Å². The topological polar surface area (TPSA) is 12.0 Å². The molecule has 0 amide bonds. The largest absolute Gasteiger partial charge is 0.319 e. The van der Waals surface area contributed by atoms with Crippen LogP contribution in [0.1, 0.15) is 34.6 Å². The Hall–Kier alpha value is -1.60. The fourth-order valence-electron chi connectivity index (χ4n) is 4.14. The molecule has 0 fully saturated rings. The lowest BCUT2D eigenvalue weighted by Gasteiger charge is -2.31. The van der Waals surface area contributed by atoms with Gasteiger partial charge in [-0.05, 0) is 35.7 Å². The van der Waals surface area contributed by atoms with Crippen LogP contribution in [0.5, 0.6) is 0 Å². The first kappa shape index (κ1) is 10.3. The molecule has 2 bridgehead atoms. The molecule has 0 unspecified atom stereocenters. The van der Waals surface area contributed by atoms with Gasteiger partial charge < -0.3 is 5.32 Å². The van der Waals surface area contributed by atoms with Crippen molar-refractivity contribution in [1.82, 2.24) is 5.32 Å². The molecule has 1 nitrogen and oxygen atoms in total. The Kier molecular flexibility index (Phi) is 1.98. The van der Waals surface area contributed by atoms with Gasteiger partial charge in [-0.15, -0.1) is 0 Å². The molecule has 2 aliphatic rings. The van der Waals surface area contributed by atoms with E-state index in [0.29, 0.717) is 5.92 Å². The molecule has 0 saturated carbocycles. The van der Waals surface area contributed by atoms with Crippen LogP contribution in [0, 0.1) is 0 Å². The summed E-state index contributed by atoms with van der Waals surface area (Å²) in [5.74, 6) is 0.616. The van der Waals surface area contributed by atoms with Gasteiger partial charge in [-0.2, -0.15) is 0 Å². The van der Waals surface area contributed by atoms with Gasteiger partial charge in [0.2, 0.25) is 0 Å². The standard InChI is InChI=1S/C17H17N/c1-18-11-17-10-14(12-6-2-4-8-15(12)17)13-7-3-5-9-16(13)17/h2-9,14,18H,10-11H2,1H3. The number of nitrogens with one attached hydrogen (secondary N) is 1. The highest BCUT2D eigenvalue weighted by Crippen LogP contribution is 2.59. The van der Waals surface area contributed by atoms with Gasteiger partial charge >= 0.3 is 0 Å². The number of fused-ring (bicyclic) bond motifs is 8. The van der Waals surface area contributed by atoms with E-state index in [2.05, 4.69) is 60.9 Å². The van der Waals surface area contributed by atoms with Crippen LogP contribution in [0.4, 0.5) is 0 Å². The molecule has 0 atom stereocenters. The molecule has 0 spiro atoms. The van der Waals surface area contributed by atoms with Crippen molar-refractivity contribution in [2.75, 3.05) is 13.6 Å². The predicted octanol–water partition coefficient (Wildman–Crippen LogP) is 3.04. The van der Waals surface area contributed by atoms with Gasteiger partial charge in [0.15, 0.2) is 0 Å². The first-order valence-corrected chi connectivity index (χ1v) is 6.70. The van der Waals surface area contributed by atoms with E-state index in [0.717, 1.165) is 6.54 Å². The lowest BCUT2D eigenvalue weighted by Crippen LogP contribution is -2.35. The van der Waals surface area contributed by atoms with Gasteiger partial charge in [0.1, 0.15) is 0 Å². The van der Waals surface area contributed by atoms with Gasteiger partial charge in [0, 0.05) is 17.9 Å². The fraction of sp³-hybridized carbons (Fsp3) is 0.294. The van der Waals surface area contributed by atoms with Crippen LogP contribution in [0.25, 0.3) is 0 Å². The highest BCUT2D eigenvalue weighted by atomic mass is 14.8. The maximum atomic E-state index is 3.41. The van der Waals surface area contributed by atoms with Crippen LogP contribution in [-0.4, -0.2) is 13.6 Å². The lowest BCUT2D eigenvalue weighted by molar-refractivity contribution is 0.500. The molecule has 0 radical (unpaired) electrons. The number of rotatable bonds is 2. The number of likely N-dealkylation sites (N-methyl/N-ethyl adjacent to an activating group) is 1. The van der Waals surface area contributed by atoms with Gasteiger partial charge in [0.05, 0.1) is 0 Å². The van der Waals surface area contributed by atoms with Crippen molar-refractivity contribution < 1.29 is 0 Å². The highest BCUT2D eigenvalue weighted by Gasteiger charge is 2.51. The Bertz CT molecular complexity index is 567. The lowest BCUT2D eigenvalue weighted by atomic mass is 9.75. The van der Waals surface area contributed by atoms with Crippen LogP contribution in [0.3, 0.4) is 0 Å². The number of hydrogen-bond donors (Lipinski definition) is 1. The molecule has 2 aromatic rings. The van der Waals surface area contributed by atoms with Gasteiger partial charge in [-0.3, -0.25) is 0 Å². The molecule has 90 valence electrons. The zero-order valence-electron chi connectivity index (χ0n) is 10.6. The Balaban J connectivity index is 2.02. The molecule has 1 N–H and O–H groups in total. The molecule has 18 heavy (non-hydrogen) atoms. The van der Waals surface area contributed by atoms with Crippen molar-refractivity contribution in [2.24, 2.45) is 0 Å². The first-order valence-electron chi connectivity index (χ1n) is 6.70. The second-order valence-electron chi connectivity index (χ2n) is 5.54. The van der Waals surface area contributed by atoms with Crippen molar-refractivity contribution in [3.8, 4) is 0 Å². The molecular weight excluding hydrogens is 218 g/mol. The predicted molar refractivity (Wildman–Crippen MR) is 74.1 cm³/mol. The molecule has 1 heteroatoms. The average Bonchev–Trinajstić information content (AvgIpc) is 2.92. The second kappa shape index (κ2) is 3.46. The Morgan fingerprint density at radius 3 is 2.11 bits per heavy atom. The van der Waals surface area contributed by atoms with Gasteiger partial charge in [0.25, 0.3) is 0 Å². The van der Waals surface area contributed by atoms with E-state index in [1.165, 1.54) is 6.42 Å². The maximum absolute atomic E-state index is 3.41. The minimum absolute atomic E-state index is 0.215. The smallest absolute Gasteiger partial charge is 0.0342 e. The summed E-state index contributed by atoms with van der Waals surface area (Å²) in [5.41, 5.74) is 6.40. The Labute approximate surface area is 108 Å². The van der Waals surface area contributed by atoms with E-state index in [9.17, 15) is 0 Å². The third kappa shape index (κ3) is 1.06. The summed E-state index contributed by atoms with van der Waals surface area (Å²) in [7, 11) is 2.06. The molecule has 4 rings (SSSR count). The number of hydrogen-bond acceptors (Lipinski definition) is 1. The van der Waals surface area contributed by atoms with E-state index in [1.807, 2.05) is 0 Å². The van der Waals surface area contributed by atoms with Crippen LogP contribution in [-0.2, 0) is 5.41 Å². The minimum Gasteiger partial charge on any atom is -0.319 e. The maximum Gasteiger partial charge on any atom is 0.0342 e. The fourth-order valence-corrected chi connectivity index (χ4v) is 4.14. The Morgan fingerprint density at radius 1 is 1.00 bits per heavy atom. The van der Waals surface area contributed by atoms with Gasteiger partial charge in [-0.1, -0.05) is 48.5 Å². The summed E-state index contributed by atoms with van der Waals surface area (Å²) in [5, 5.41) is 3.41. The molecule has 0 aromatic heterocycles. The summed E-state index contributed by atoms with van der Waals surface area (Å²) in [6, 6.07) is 18.0. The summed E-state index contributed by atoms with van der Waals surface area (Å²) in [6.07, 6.45) is 1.24. The van der Waals surface area contributed by atoms with E-state index < -0.39 is 0 Å². The monoisotopic (exact) mass is 235 g/mol. The SMILES string of the molecule is CNCC12CC(c3ccccc31)c1ccccc12. The summed E-state index contributed by atoms with van der Waals surface area (Å²) < 4.78 is 0. The molecule has 2 aliphatic carbocycles.